The van der Waals surface area contributed by atoms with Crippen molar-refractivity contribution in [2.24, 2.45) is 0 Å². The molecular weight excluding hydrogens is 288 g/mol. The molecule has 2 atom stereocenters. The van der Waals surface area contributed by atoms with E-state index >= 15 is 0 Å². The van der Waals surface area contributed by atoms with Gasteiger partial charge in [0.25, 0.3) is 11.8 Å². The first-order valence-electron chi connectivity index (χ1n) is 5.31. The van der Waals surface area contributed by atoms with Crippen LogP contribution in [0.15, 0.2) is 22.9 Å². The number of amides is 2. The van der Waals surface area contributed by atoms with Crippen LogP contribution in [-0.4, -0.2) is 29.0 Å². The van der Waals surface area contributed by atoms with E-state index in [0.717, 1.165) is 0 Å². The van der Waals surface area contributed by atoms with Crippen LogP contribution in [0.3, 0.4) is 0 Å². The number of imide groups is 1. The van der Waals surface area contributed by atoms with Gasteiger partial charge in [0.1, 0.15) is 12.2 Å². The fraction of sp³-hybridized carbons (Fsp3) is 0.364. The van der Waals surface area contributed by atoms with E-state index < -0.39 is 12.2 Å². The molecule has 5 nitrogen and oxygen atoms in total. The van der Waals surface area contributed by atoms with Gasteiger partial charge >= 0.3 is 0 Å². The van der Waals surface area contributed by atoms with Crippen LogP contribution in [0.1, 0.15) is 12.8 Å². The third kappa shape index (κ3) is 1.59. The summed E-state index contributed by atoms with van der Waals surface area (Å²) in [6.07, 6.45) is 3.41. The van der Waals surface area contributed by atoms with Crippen molar-refractivity contribution in [3.8, 4) is 0 Å². The zero-order valence-electron chi connectivity index (χ0n) is 8.80. The largest absolute Gasteiger partial charge is 0.355 e. The second-order valence-corrected chi connectivity index (χ2v) is 4.88. The number of morpholine rings is 1. The summed E-state index contributed by atoms with van der Waals surface area (Å²) in [6, 6.07) is 1.64. The molecule has 2 aliphatic heterocycles. The van der Waals surface area contributed by atoms with Crippen LogP contribution in [0, 0.1) is 0 Å². The molecule has 2 aliphatic rings. The SMILES string of the molecule is O=C1C2CCC(O2)C(=O)N1c1ccncc1Br. The Hall–Kier alpha value is -1.27. The number of hydrogen-bond donors (Lipinski definition) is 0. The predicted octanol–water partition coefficient (Wildman–Crippen LogP) is 1.26. The maximum absolute atomic E-state index is 12.1. The molecule has 2 bridgehead atoms. The lowest BCUT2D eigenvalue weighted by Crippen LogP contribution is -2.52. The molecule has 0 saturated carbocycles. The molecule has 3 rings (SSSR count). The maximum atomic E-state index is 12.1. The topological polar surface area (TPSA) is 59.5 Å². The summed E-state index contributed by atoms with van der Waals surface area (Å²) in [5.41, 5.74) is 0.537. The van der Waals surface area contributed by atoms with Crippen molar-refractivity contribution < 1.29 is 14.3 Å². The number of carbonyl (C=O) groups excluding carboxylic acids is 2. The highest BCUT2D eigenvalue weighted by Gasteiger charge is 2.47. The van der Waals surface area contributed by atoms with Crippen molar-refractivity contribution in [1.82, 2.24) is 4.98 Å². The normalized spacial score (nSPS) is 27.7. The molecule has 2 fully saturated rings. The Bertz CT molecular complexity index is 483. The van der Waals surface area contributed by atoms with Crippen LogP contribution >= 0.6 is 15.9 Å². The smallest absolute Gasteiger partial charge is 0.263 e. The number of pyridine rings is 1. The minimum Gasteiger partial charge on any atom is -0.355 e. The van der Waals surface area contributed by atoms with Gasteiger partial charge in [0.2, 0.25) is 0 Å². The van der Waals surface area contributed by atoms with Crippen molar-refractivity contribution in [1.29, 1.82) is 0 Å². The predicted molar refractivity (Wildman–Crippen MR) is 62.3 cm³/mol. The van der Waals surface area contributed by atoms with E-state index in [1.807, 2.05) is 0 Å². The highest BCUT2D eigenvalue weighted by atomic mass is 79.9. The summed E-state index contributed by atoms with van der Waals surface area (Å²) in [5, 5.41) is 0. The number of carbonyl (C=O) groups is 2. The molecule has 2 unspecified atom stereocenters. The first-order valence-corrected chi connectivity index (χ1v) is 6.10. The van der Waals surface area contributed by atoms with Gasteiger partial charge < -0.3 is 4.74 Å². The first-order chi connectivity index (χ1) is 8.18. The van der Waals surface area contributed by atoms with Crippen LogP contribution in [0.25, 0.3) is 0 Å². The van der Waals surface area contributed by atoms with E-state index in [0.29, 0.717) is 23.0 Å². The van der Waals surface area contributed by atoms with Gasteiger partial charge in [-0.3, -0.25) is 14.6 Å². The third-order valence-corrected chi connectivity index (χ3v) is 3.61. The molecule has 0 aromatic carbocycles. The Balaban J connectivity index is 2.05. The molecule has 0 radical (unpaired) electrons. The first kappa shape index (κ1) is 10.9. The second-order valence-electron chi connectivity index (χ2n) is 4.03. The van der Waals surface area contributed by atoms with Crippen molar-refractivity contribution in [3.05, 3.63) is 22.9 Å². The Morgan fingerprint density at radius 2 is 1.94 bits per heavy atom. The van der Waals surface area contributed by atoms with E-state index in [1.165, 1.54) is 4.90 Å². The average molecular weight is 297 g/mol. The quantitative estimate of drug-likeness (QED) is 0.732. The monoisotopic (exact) mass is 296 g/mol. The Morgan fingerprint density at radius 3 is 2.53 bits per heavy atom. The zero-order valence-corrected chi connectivity index (χ0v) is 10.4. The lowest BCUT2D eigenvalue weighted by Gasteiger charge is -2.30. The summed E-state index contributed by atoms with van der Waals surface area (Å²) >= 11 is 3.30. The summed E-state index contributed by atoms with van der Waals surface area (Å²) in [7, 11) is 0. The lowest BCUT2D eigenvalue weighted by atomic mass is 10.2. The fourth-order valence-corrected chi connectivity index (χ4v) is 2.61. The molecule has 0 aliphatic carbocycles. The fourth-order valence-electron chi connectivity index (χ4n) is 2.18. The lowest BCUT2D eigenvalue weighted by molar-refractivity contribution is -0.146. The molecule has 2 saturated heterocycles. The Morgan fingerprint density at radius 1 is 1.29 bits per heavy atom. The van der Waals surface area contributed by atoms with Crippen LogP contribution in [0.4, 0.5) is 5.69 Å². The van der Waals surface area contributed by atoms with E-state index in [-0.39, 0.29) is 11.8 Å². The van der Waals surface area contributed by atoms with Gasteiger partial charge in [-0.15, -0.1) is 0 Å². The molecule has 6 heteroatoms. The van der Waals surface area contributed by atoms with Gasteiger partial charge in [-0.25, -0.2) is 4.90 Å². The minimum atomic E-state index is -0.474. The zero-order chi connectivity index (χ0) is 12.0. The van der Waals surface area contributed by atoms with Crippen LogP contribution < -0.4 is 4.90 Å². The summed E-state index contributed by atoms with van der Waals surface area (Å²) in [5.74, 6) is -0.564. The van der Waals surface area contributed by atoms with Gasteiger partial charge in [0.15, 0.2) is 0 Å². The third-order valence-electron chi connectivity index (χ3n) is 3.00. The van der Waals surface area contributed by atoms with Gasteiger partial charge in [0, 0.05) is 12.4 Å². The number of nitrogens with zero attached hydrogens (tertiary/aromatic N) is 2. The minimum absolute atomic E-state index is 0.282. The summed E-state index contributed by atoms with van der Waals surface area (Å²) < 4.78 is 5.97. The van der Waals surface area contributed by atoms with E-state index in [4.69, 9.17) is 4.74 Å². The van der Waals surface area contributed by atoms with Crippen LogP contribution in [-0.2, 0) is 14.3 Å². The average Bonchev–Trinajstić information content (AvgIpc) is 2.76. The number of hydrogen-bond acceptors (Lipinski definition) is 4. The summed E-state index contributed by atoms with van der Waals surface area (Å²) in [6.45, 7) is 0. The number of ether oxygens (including phenoxy) is 1. The maximum Gasteiger partial charge on any atom is 0.263 e. The van der Waals surface area contributed by atoms with Crippen molar-refractivity contribution >= 4 is 33.4 Å². The number of anilines is 1. The standard InChI is InChI=1S/C11H9BrN2O3/c12-6-5-13-4-3-7(6)14-10(15)8-1-2-9(17-8)11(14)16/h3-5,8-9H,1-2H2. The molecule has 88 valence electrons. The van der Waals surface area contributed by atoms with Crippen LogP contribution in [0.5, 0.6) is 0 Å². The van der Waals surface area contributed by atoms with Crippen molar-refractivity contribution in [3.63, 3.8) is 0 Å². The van der Waals surface area contributed by atoms with Gasteiger partial charge in [0.05, 0.1) is 10.2 Å². The number of aromatic nitrogens is 1. The molecule has 17 heavy (non-hydrogen) atoms. The molecular formula is C11H9BrN2O3. The molecule has 3 heterocycles. The van der Waals surface area contributed by atoms with E-state index in [9.17, 15) is 9.59 Å². The van der Waals surface area contributed by atoms with Gasteiger partial charge in [-0.05, 0) is 34.8 Å². The summed E-state index contributed by atoms with van der Waals surface area (Å²) in [4.78, 5) is 29.3. The molecule has 0 spiro atoms. The molecule has 2 amide bonds. The van der Waals surface area contributed by atoms with Crippen LogP contribution in [0.2, 0.25) is 0 Å². The second kappa shape index (κ2) is 3.89. The highest BCUT2D eigenvalue weighted by molar-refractivity contribution is 9.10. The van der Waals surface area contributed by atoms with E-state index in [2.05, 4.69) is 20.9 Å². The van der Waals surface area contributed by atoms with E-state index in [1.54, 1.807) is 18.5 Å². The molecule has 0 N–H and O–H groups in total. The van der Waals surface area contributed by atoms with Gasteiger partial charge in [-0.2, -0.15) is 0 Å². The number of halogens is 1. The highest BCUT2D eigenvalue weighted by Crippen LogP contribution is 2.34. The van der Waals surface area contributed by atoms with Crippen molar-refractivity contribution in [2.75, 3.05) is 4.90 Å². The Kier molecular flexibility index (Phi) is 2.48. The van der Waals surface area contributed by atoms with Gasteiger partial charge in [-0.1, -0.05) is 0 Å². The number of fused-ring (bicyclic) bond motifs is 2. The Labute approximate surface area is 106 Å². The molecule has 1 aromatic heterocycles. The van der Waals surface area contributed by atoms with Crippen molar-refractivity contribution in [2.45, 2.75) is 25.0 Å². The number of rotatable bonds is 1. The molecule has 1 aromatic rings.